The maximum absolute atomic E-state index is 12.6. The lowest BCUT2D eigenvalue weighted by molar-refractivity contribution is -0.142. The molecule has 0 aliphatic heterocycles. The summed E-state index contributed by atoms with van der Waals surface area (Å²) in [5.41, 5.74) is 2.55. The number of ether oxygens (including phenoxy) is 2. The molecule has 2 aromatic carbocycles. The van der Waals surface area contributed by atoms with Crippen LogP contribution in [0.5, 0.6) is 5.75 Å². The molecule has 1 N–H and O–H groups in total. The topological polar surface area (TPSA) is 81.7 Å². The fourth-order valence-corrected chi connectivity index (χ4v) is 5.22. The molecule has 0 spiro atoms. The smallest absolute Gasteiger partial charge is 0.343 e. The zero-order chi connectivity index (χ0) is 20.7. The Balaban J connectivity index is 1.86. The van der Waals surface area contributed by atoms with Gasteiger partial charge in [0.25, 0.3) is 0 Å². The highest BCUT2D eigenvalue weighted by atomic mass is 32.2. The molecule has 0 saturated heterocycles. The number of aryl methyl sites for hydroxylation is 3. The molecular weight excluding hydrogens is 398 g/mol. The van der Waals surface area contributed by atoms with Crippen molar-refractivity contribution in [2.45, 2.75) is 30.6 Å². The standard InChI is InChI=1S/C20H25NO5S2/c1-14-11-15(2)20(16(3)12-14)28(23,24)21-9-10-27-18-7-5-17(6-8-18)26-13-19(22)25-4/h5-8,11-12,21H,9-10,13H2,1-4H3. The van der Waals surface area contributed by atoms with E-state index in [2.05, 4.69) is 9.46 Å². The molecule has 0 aromatic heterocycles. The van der Waals surface area contributed by atoms with E-state index in [9.17, 15) is 13.2 Å². The Bertz CT molecular complexity index is 901. The van der Waals surface area contributed by atoms with Crippen LogP contribution in [-0.2, 0) is 19.6 Å². The second-order valence-corrected chi connectivity index (χ2v) is 9.18. The molecule has 28 heavy (non-hydrogen) atoms. The molecule has 0 fully saturated rings. The van der Waals surface area contributed by atoms with E-state index >= 15 is 0 Å². The molecule has 0 radical (unpaired) electrons. The average Bonchev–Trinajstić information content (AvgIpc) is 2.63. The summed E-state index contributed by atoms with van der Waals surface area (Å²) in [5.74, 6) is 0.719. The van der Waals surface area contributed by atoms with Gasteiger partial charge in [0.15, 0.2) is 6.61 Å². The number of carbonyl (C=O) groups excluding carboxylic acids is 1. The van der Waals surface area contributed by atoms with E-state index in [4.69, 9.17) is 4.74 Å². The van der Waals surface area contributed by atoms with Gasteiger partial charge in [0.1, 0.15) is 5.75 Å². The summed E-state index contributed by atoms with van der Waals surface area (Å²) >= 11 is 1.53. The monoisotopic (exact) mass is 423 g/mol. The van der Waals surface area contributed by atoms with Gasteiger partial charge in [-0.25, -0.2) is 17.9 Å². The summed E-state index contributed by atoms with van der Waals surface area (Å²) in [4.78, 5) is 12.4. The number of methoxy groups -OCH3 is 1. The predicted molar refractivity (Wildman–Crippen MR) is 111 cm³/mol. The second kappa shape index (κ2) is 9.95. The number of esters is 1. The minimum Gasteiger partial charge on any atom is -0.482 e. The maximum atomic E-state index is 12.6. The lowest BCUT2D eigenvalue weighted by atomic mass is 10.1. The largest absolute Gasteiger partial charge is 0.482 e. The average molecular weight is 424 g/mol. The third kappa shape index (κ3) is 6.25. The number of rotatable bonds is 9. The first-order valence-corrected chi connectivity index (χ1v) is 11.2. The molecule has 0 aliphatic rings. The van der Waals surface area contributed by atoms with Crippen molar-refractivity contribution >= 4 is 27.8 Å². The molecule has 6 nitrogen and oxygen atoms in total. The van der Waals surface area contributed by atoms with Gasteiger partial charge < -0.3 is 9.47 Å². The Kier molecular flexibility index (Phi) is 7.91. The molecule has 8 heteroatoms. The summed E-state index contributed by atoms with van der Waals surface area (Å²) in [6, 6.07) is 11.0. The molecule has 0 unspecified atom stereocenters. The predicted octanol–water partition coefficient (Wildman–Crippen LogP) is 3.23. The molecule has 2 rings (SSSR count). The van der Waals surface area contributed by atoms with Crippen molar-refractivity contribution in [2.75, 3.05) is 26.0 Å². The van der Waals surface area contributed by atoms with Gasteiger partial charge in [0.05, 0.1) is 12.0 Å². The molecular formula is C20H25NO5S2. The van der Waals surface area contributed by atoms with Gasteiger partial charge >= 0.3 is 5.97 Å². The normalized spacial score (nSPS) is 11.3. The summed E-state index contributed by atoms with van der Waals surface area (Å²) in [6.45, 7) is 5.76. The fourth-order valence-electron chi connectivity index (χ4n) is 2.84. The molecule has 0 saturated carbocycles. The van der Waals surface area contributed by atoms with Gasteiger partial charge in [-0.1, -0.05) is 17.7 Å². The van der Waals surface area contributed by atoms with Crippen LogP contribution in [0.1, 0.15) is 16.7 Å². The minimum atomic E-state index is -3.54. The third-order valence-corrected chi connectivity index (χ3v) is 6.72. The van der Waals surface area contributed by atoms with Crippen molar-refractivity contribution in [3.05, 3.63) is 53.1 Å². The second-order valence-electron chi connectivity index (χ2n) is 6.31. The highest BCUT2D eigenvalue weighted by Gasteiger charge is 2.19. The molecule has 2 aromatic rings. The van der Waals surface area contributed by atoms with Gasteiger partial charge in [0.2, 0.25) is 10.0 Å². The maximum Gasteiger partial charge on any atom is 0.343 e. The van der Waals surface area contributed by atoms with Crippen molar-refractivity contribution < 1.29 is 22.7 Å². The van der Waals surface area contributed by atoms with Crippen LogP contribution >= 0.6 is 11.8 Å². The van der Waals surface area contributed by atoms with Crippen LogP contribution in [-0.4, -0.2) is 40.4 Å². The zero-order valence-corrected chi connectivity index (χ0v) is 18.1. The molecule has 0 bridgehead atoms. The van der Waals surface area contributed by atoms with E-state index in [0.717, 1.165) is 21.6 Å². The first-order valence-electron chi connectivity index (χ1n) is 8.73. The van der Waals surface area contributed by atoms with E-state index in [0.29, 0.717) is 22.9 Å². The van der Waals surface area contributed by atoms with Gasteiger partial charge in [-0.3, -0.25) is 0 Å². The molecule has 0 aliphatic carbocycles. The number of nitrogens with one attached hydrogen (secondary N) is 1. The van der Waals surface area contributed by atoms with E-state index in [1.165, 1.54) is 18.9 Å². The van der Waals surface area contributed by atoms with Crippen LogP contribution in [0.25, 0.3) is 0 Å². The Morgan fingerprint density at radius 1 is 1.07 bits per heavy atom. The Morgan fingerprint density at radius 3 is 2.25 bits per heavy atom. The first-order chi connectivity index (χ1) is 13.2. The molecule has 0 heterocycles. The van der Waals surface area contributed by atoms with E-state index < -0.39 is 16.0 Å². The van der Waals surface area contributed by atoms with E-state index in [1.807, 2.05) is 45.0 Å². The summed E-state index contributed by atoms with van der Waals surface area (Å²) in [7, 11) is -2.24. The van der Waals surface area contributed by atoms with E-state index in [1.54, 1.807) is 12.1 Å². The minimum absolute atomic E-state index is 0.136. The highest BCUT2D eigenvalue weighted by molar-refractivity contribution is 7.99. The first kappa shape index (κ1) is 22.3. The number of thioether (sulfide) groups is 1. The number of benzene rings is 2. The van der Waals surface area contributed by atoms with Crippen molar-refractivity contribution in [3.63, 3.8) is 0 Å². The quantitative estimate of drug-likeness (QED) is 0.379. The zero-order valence-electron chi connectivity index (χ0n) is 16.4. The number of carbonyl (C=O) groups is 1. The lowest BCUT2D eigenvalue weighted by Crippen LogP contribution is -2.27. The van der Waals surface area contributed by atoms with Gasteiger partial charge in [-0.2, -0.15) is 0 Å². The molecule has 152 valence electrons. The van der Waals surface area contributed by atoms with Crippen LogP contribution < -0.4 is 9.46 Å². The van der Waals surface area contributed by atoms with Crippen LogP contribution in [0.15, 0.2) is 46.2 Å². The lowest BCUT2D eigenvalue weighted by Gasteiger charge is -2.13. The van der Waals surface area contributed by atoms with Gasteiger partial charge in [0, 0.05) is 17.2 Å². The fraction of sp³-hybridized carbons (Fsp3) is 0.350. The number of sulfonamides is 1. The number of hydrogen-bond acceptors (Lipinski definition) is 6. The van der Waals surface area contributed by atoms with Gasteiger partial charge in [-0.15, -0.1) is 11.8 Å². The van der Waals surface area contributed by atoms with Gasteiger partial charge in [-0.05, 0) is 56.2 Å². The van der Waals surface area contributed by atoms with Crippen LogP contribution in [0.4, 0.5) is 0 Å². The van der Waals surface area contributed by atoms with Crippen LogP contribution in [0, 0.1) is 20.8 Å². The third-order valence-electron chi connectivity index (χ3n) is 3.94. The Morgan fingerprint density at radius 2 is 1.68 bits per heavy atom. The van der Waals surface area contributed by atoms with Crippen LogP contribution in [0.2, 0.25) is 0 Å². The summed E-state index contributed by atoms with van der Waals surface area (Å²) < 4.78 is 37.7. The summed E-state index contributed by atoms with van der Waals surface area (Å²) in [6.07, 6.45) is 0. The molecule has 0 amide bonds. The molecule has 0 atom stereocenters. The Labute approximate surface area is 170 Å². The Hall–Kier alpha value is -2.03. The van der Waals surface area contributed by atoms with Crippen LogP contribution in [0.3, 0.4) is 0 Å². The van der Waals surface area contributed by atoms with Crippen molar-refractivity contribution in [1.29, 1.82) is 0 Å². The van der Waals surface area contributed by atoms with Crippen molar-refractivity contribution in [2.24, 2.45) is 0 Å². The highest BCUT2D eigenvalue weighted by Crippen LogP contribution is 2.23. The van der Waals surface area contributed by atoms with Crippen molar-refractivity contribution in [3.8, 4) is 5.75 Å². The SMILES string of the molecule is COC(=O)COc1ccc(SCCNS(=O)(=O)c2c(C)cc(C)cc2C)cc1. The number of hydrogen-bond donors (Lipinski definition) is 1. The van der Waals surface area contributed by atoms with Crippen molar-refractivity contribution in [1.82, 2.24) is 4.72 Å². The summed E-state index contributed by atoms with van der Waals surface area (Å²) in [5, 5.41) is 0. The van der Waals surface area contributed by atoms with E-state index in [-0.39, 0.29) is 6.61 Å².